The van der Waals surface area contributed by atoms with Crippen LogP contribution in [0.2, 0.25) is 0 Å². The molecule has 0 atom stereocenters. The maximum Gasteiger partial charge on any atom is 0.231 e. The van der Waals surface area contributed by atoms with Crippen LogP contribution < -0.4 is 20.5 Å². The highest BCUT2D eigenvalue weighted by atomic mass is 79.9. The smallest absolute Gasteiger partial charge is 0.231 e. The molecular weight excluding hydrogens is 370 g/mol. The van der Waals surface area contributed by atoms with Gasteiger partial charge in [-0.15, -0.1) is 0 Å². The van der Waals surface area contributed by atoms with Gasteiger partial charge in [0, 0.05) is 5.69 Å². The van der Waals surface area contributed by atoms with Crippen LogP contribution >= 0.6 is 15.9 Å². The van der Waals surface area contributed by atoms with Crippen molar-refractivity contribution in [3.63, 3.8) is 0 Å². The average Bonchev–Trinajstić information content (AvgIpc) is 3.21. The SMILES string of the molecule is NC(=NCc1cc(Br)c2c(c1)OCO2)Nc1ccc2c(c1)CCC2. The van der Waals surface area contributed by atoms with E-state index in [0.29, 0.717) is 12.5 Å². The summed E-state index contributed by atoms with van der Waals surface area (Å²) in [6.07, 6.45) is 3.56. The molecule has 0 saturated carbocycles. The molecule has 4 rings (SSSR count). The van der Waals surface area contributed by atoms with Crippen LogP contribution in [0.1, 0.15) is 23.1 Å². The van der Waals surface area contributed by atoms with Gasteiger partial charge in [-0.2, -0.15) is 0 Å². The molecule has 5 nitrogen and oxygen atoms in total. The summed E-state index contributed by atoms with van der Waals surface area (Å²) in [5.41, 5.74) is 10.9. The highest BCUT2D eigenvalue weighted by Gasteiger charge is 2.17. The van der Waals surface area contributed by atoms with E-state index in [1.54, 1.807) is 0 Å². The zero-order valence-electron chi connectivity index (χ0n) is 13.1. The molecule has 2 aromatic rings. The fourth-order valence-electron chi connectivity index (χ4n) is 3.13. The number of hydrogen-bond donors (Lipinski definition) is 2. The molecule has 6 heteroatoms. The van der Waals surface area contributed by atoms with Crippen molar-refractivity contribution in [2.45, 2.75) is 25.8 Å². The molecule has 0 spiro atoms. The number of ether oxygens (including phenoxy) is 2. The highest BCUT2D eigenvalue weighted by molar-refractivity contribution is 9.10. The Kier molecular flexibility index (Phi) is 4.06. The van der Waals surface area contributed by atoms with Crippen LogP contribution in [0, 0.1) is 0 Å². The van der Waals surface area contributed by atoms with Crippen molar-refractivity contribution in [1.82, 2.24) is 0 Å². The molecule has 1 aliphatic carbocycles. The summed E-state index contributed by atoms with van der Waals surface area (Å²) in [7, 11) is 0. The molecule has 0 unspecified atom stereocenters. The minimum Gasteiger partial charge on any atom is -0.454 e. The first-order valence-corrected chi connectivity index (χ1v) is 8.75. The second kappa shape index (κ2) is 6.36. The number of benzene rings is 2. The largest absolute Gasteiger partial charge is 0.454 e. The van der Waals surface area contributed by atoms with E-state index in [1.165, 1.54) is 24.0 Å². The molecular formula is C18H18BrN3O2. The molecule has 1 aliphatic heterocycles. The molecule has 0 amide bonds. The maximum atomic E-state index is 6.02. The highest BCUT2D eigenvalue weighted by Crippen LogP contribution is 2.40. The van der Waals surface area contributed by atoms with E-state index < -0.39 is 0 Å². The fraction of sp³-hybridized carbons (Fsp3) is 0.278. The lowest BCUT2D eigenvalue weighted by Gasteiger charge is -2.08. The zero-order chi connectivity index (χ0) is 16.5. The van der Waals surface area contributed by atoms with E-state index in [4.69, 9.17) is 15.2 Å². The molecule has 2 aliphatic rings. The lowest BCUT2D eigenvalue weighted by atomic mass is 10.1. The van der Waals surface area contributed by atoms with Crippen LogP contribution in [-0.4, -0.2) is 12.8 Å². The molecule has 1 heterocycles. The summed E-state index contributed by atoms with van der Waals surface area (Å²) in [6.45, 7) is 0.724. The number of nitrogens with two attached hydrogens (primary N) is 1. The number of aryl methyl sites for hydroxylation is 2. The van der Waals surface area contributed by atoms with Crippen molar-refractivity contribution < 1.29 is 9.47 Å². The van der Waals surface area contributed by atoms with Crippen molar-refractivity contribution >= 4 is 27.6 Å². The van der Waals surface area contributed by atoms with Crippen molar-refractivity contribution in [2.75, 3.05) is 12.1 Å². The van der Waals surface area contributed by atoms with Crippen molar-refractivity contribution in [3.8, 4) is 11.5 Å². The first-order chi connectivity index (χ1) is 11.7. The van der Waals surface area contributed by atoms with Gasteiger partial charge in [-0.3, -0.25) is 0 Å². The Morgan fingerprint density at radius 1 is 1.17 bits per heavy atom. The Morgan fingerprint density at radius 2 is 2.04 bits per heavy atom. The van der Waals surface area contributed by atoms with E-state index >= 15 is 0 Å². The van der Waals surface area contributed by atoms with Crippen molar-refractivity contribution in [3.05, 3.63) is 51.5 Å². The summed E-state index contributed by atoms with van der Waals surface area (Å²) in [5, 5.41) is 3.17. The summed E-state index contributed by atoms with van der Waals surface area (Å²) in [5.74, 6) is 1.88. The number of fused-ring (bicyclic) bond motifs is 2. The monoisotopic (exact) mass is 387 g/mol. The van der Waals surface area contributed by atoms with Gasteiger partial charge in [0.2, 0.25) is 6.79 Å². The summed E-state index contributed by atoms with van der Waals surface area (Å²) in [4.78, 5) is 4.42. The maximum absolute atomic E-state index is 6.02. The number of aliphatic imine (C=N–C) groups is 1. The van der Waals surface area contributed by atoms with E-state index in [9.17, 15) is 0 Å². The van der Waals surface area contributed by atoms with Crippen LogP contribution in [0.25, 0.3) is 0 Å². The predicted molar refractivity (Wildman–Crippen MR) is 97.7 cm³/mol. The number of rotatable bonds is 3. The van der Waals surface area contributed by atoms with Crippen LogP contribution in [0.3, 0.4) is 0 Å². The van der Waals surface area contributed by atoms with Crippen molar-refractivity contribution in [1.29, 1.82) is 0 Å². The quantitative estimate of drug-likeness (QED) is 0.623. The van der Waals surface area contributed by atoms with E-state index in [1.807, 2.05) is 12.1 Å². The minimum atomic E-state index is 0.253. The molecule has 0 fully saturated rings. The first kappa shape index (κ1) is 15.3. The Balaban J connectivity index is 1.45. The van der Waals surface area contributed by atoms with Gasteiger partial charge >= 0.3 is 0 Å². The number of hydrogen-bond acceptors (Lipinski definition) is 3. The number of guanidine groups is 1. The molecule has 2 aromatic carbocycles. The zero-order valence-corrected chi connectivity index (χ0v) is 14.7. The first-order valence-electron chi connectivity index (χ1n) is 7.96. The van der Waals surface area contributed by atoms with E-state index in [0.717, 1.165) is 33.6 Å². The Bertz CT molecular complexity index is 820. The molecule has 24 heavy (non-hydrogen) atoms. The van der Waals surface area contributed by atoms with Crippen LogP contribution in [0.4, 0.5) is 5.69 Å². The minimum absolute atomic E-state index is 0.253. The molecule has 0 aromatic heterocycles. The second-order valence-electron chi connectivity index (χ2n) is 5.97. The van der Waals surface area contributed by atoms with Gasteiger partial charge < -0.3 is 20.5 Å². The van der Waals surface area contributed by atoms with Gasteiger partial charge in [-0.05, 0) is 76.1 Å². The van der Waals surface area contributed by atoms with E-state index in [-0.39, 0.29) is 6.79 Å². The fourth-order valence-corrected chi connectivity index (χ4v) is 3.73. The van der Waals surface area contributed by atoms with Gasteiger partial charge in [0.1, 0.15) is 0 Å². The van der Waals surface area contributed by atoms with Crippen LogP contribution in [-0.2, 0) is 19.4 Å². The van der Waals surface area contributed by atoms with Gasteiger partial charge in [0.05, 0.1) is 11.0 Å². The molecule has 0 radical (unpaired) electrons. The Labute approximate surface area is 149 Å². The third kappa shape index (κ3) is 3.06. The number of anilines is 1. The number of nitrogens with one attached hydrogen (secondary N) is 1. The third-order valence-corrected chi connectivity index (χ3v) is 4.88. The molecule has 0 saturated heterocycles. The Morgan fingerprint density at radius 3 is 2.96 bits per heavy atom. The van der Waals surface area contributed by atoms with Gasteiger partial charge in [-0.25, -0.2) is 4.99 Å². The van der Waals surface area contributed by atoms with Gasteiger partial charge in [-0.1, -0.05) is 6.07 Å². The standard InChI is InChI=1S/C18H18BrN3O2/c19-15-6-11(7-16-17(15)24-10-23-16)9-21-18(20)22-14-5-4-12-2-1-3-13(12)8-14/h4-8H,1-3,9-10H2,(H3,20,21,22). The Hall–Kier alpha value is -2.21. The van der Waals surface area contributed by atoms with Gasteiger partial charge in [0.25, 0.3) is 0 Å². The topological polar surface area (TPSA) is 68.9 Å². The third-order valence-electron chi connectivity index (χ3n) is 4.29. The normalized spacial score (nSPS) is 15.5. The summed E-state index contributed by atoms with van der Waals surface area (Å²) < 4.78 is 11.7. The summed E-state index contributed by atoms with van der Waals surface area (Å²) >= 11 is 3.49. The van der Waals surface area contributed by atoms with E-state index in [2.05, 4.69) is 44.4 Å². The van der Waals surface area contributed by atoms with Crippen molar-refractivity contribution in [2.24, 2.45) is 10.7 Å². The average molecular weight is 388 g/mol. The van der Waals surface area contributed by atoms with Gasteiger partial charge in [0.15, 0.2) is 17.5 Å². The predicted octanol–water partition coefficient (Wildman–Crippen LogP) is 3.59. The lowest BCUT2D eigenvalue weighted by molar-refractivity contribution is 0.173. The number of nitrogens with zero attached hydrogens (tertiary/aromatic N) is 1. The van der Waals surface area contributed by atoms with Crippen LogP contribution in [0.15, 0.2) is 39.8 Å². The summed E-state index contributed by atoms with van der Waals surface area (Å²) in [6, 6.07) is 10.3. The molecule has 0 bridgehead atoms. The van der Waals surface area contributed by atoms with Crippen LogP contribution in [0.5, 0.6) is 11.5 Å². The lowest BCUT2D eigenvalue weighted by Crippen LogP contribution is -2.22. The number of halogens is 1. The molecule has 3 N–H and O–H groups in total. The second-order valence-corrected chi connectivity index (χ2v) is 6.83. The molecule has 124 valence electrons.